The summed E-state index contributed by atoms with van der Waals surface area (Å²) < 4.78 is 11.2. The molecule has 51 heavy (non-hydrogen) atoms. The zero-order valence-corrected chi connectivity index (χ0v) is 34.6. The van der Waals surface area contributed by atoms with Gasteiger partial charge in [-0.1, -0.05) is 218 Å². The second-order valence-electron chi connectivity index (χ2n) is 15.5. The van der Waals surface area contributed by atoms with Crippen molar-refractivity contribution in [2.45, 2.75) is 251 Å². The van der Waals surface area contributed by atoms with E-state index in [1.54, 1.807) is 0 Å². The van der Waals surface area contributed by atoms with Crippen LogP contribution < -0.4 is 0 Å². The molecule has 0 aliphatic heterocycles. The summed E-state index contributed by atoms with van der Waals surface area (Å²) in [5, 5.41) is 9.62. The molecule has 0 radical (unpaired) electrons. The first-order valence-corrected chi connectivity index (χ1v) is 22.9. The quantitative estimate of drug-likeness (QED) is 0.0387. The Hall–Kier alpha value is -1.13. The summed E-state index contributed by atoms with van der Waals surface area (Å²) in [5.74, 6) is -0.200. The highest BCUT2D eigenvalue weighted by atomic mass is 16.6. The van der Waals surface area contributed by atoms with Crippen LogP contribution in [0.15, 0.2) is 24.3 Å². The van der Waals surface area contributed by atoms with Gasteiger partial charge in [0.1, 0.15) is 6.10 Å². The van der Waals surface area contributed by atoms with E-state index in [1.165, 1.54) is 199 Å². The first-order valence-electron chi connectivity index (χ1n) is 22.9. The molecule has 0 fully saturated rings. The Morgan fingerprint density at radius 1 is 0.471 bits per heavy atom. The minimum atomic E-state index is -0.532. The lowest BCUT2D eigenvalue weighted by atomic mass is 10.0. The van der Waals surface area contributed by atoms with Crippen molar-refractivity contribution >= 4 is 5.97 Å². The van der Waals surface area contributed by atoms with E-state index in [0.29, 0.717) is 19.6 Å². The number of hydrogen-bond donors (Lipinski definition) is 1. The number of hydrogen-bond acceptors (Lipinski definition) is 4. The highest BCUT2D eigenvalue weighted by Crippen LogP contribution is 2.16. The molecule has 1 N–H and O–H groups in total. The zero-order chi connectivity index (χ0) is 37.0. The van der Waals surface area contributed by atoms with Gasteiger partial charge in [-0.15, -0.1) is 0 Å². The number of rotatable bonds is 43. The Bertz CT molecular complexity index is 717. The van der Waals surface area contributed by atoms with Crippen LogP contribution in [0, 0.1) is 0 Å². The highest BCUT2D eigenvalue weighted by Gasteiger charge is 2.13. The summed E-state index contributed by atoms with van der Waals surface area (Å²) >= 11 is 0. The molecule has 0 saturated carbocycles. The van der Waals surface area contributed by atoms with Gasteiger partial charge in [0.15, 0.2) is 0 Å². The predicted octanol–water partition coefficient (Wildman–Crippen LogP) is 15.1. The van der Waals surface area contributed by atoms with E-state index < -0.39 is 6.10 Å². The SMILES string of the molecule is CCCCC/C=C\C/C=C\CCCCCCCCCCCC(=O)OC(CO)COCCCCCCCCCCCCCCCCCCCCCC. The van der Waals surface area contributed by atoms with Gasteiger partial charge in [0, 0.05) is 13.0 Å². The third-order valence-corrected chi connectivity index (χ3v) is 10.3. The summed E-state index contributed by atoms with van der Waals surface area (Å²) in [6.07, 6.45) is 55.3. The average Bonchev–Trinajstić information content (AvgIpc) is 3.14. The molecule has 4 nitrogen and oxygen atoms in total. The van der Waals surface area contributed by atoms with E-state index in [0.717, 1.165) is 25.7 Å². The standard InChI is InChI=1S/C47H90O4/c1-3-5-7-9-11-13-15-17-19-21-23-25-27-29-31-33-35-37-39-41-43-50-45-46(44-48)51-47(49)42-40-38-36-34-32-30-28-26-24-22-20-18-16-14-12-10-8-6-4-2/h12,14,18,20,46,48H,3-11,13,15-17,19,21-45H2,1-2H3/b14-12-,20-18-. The third kappa shape index (κ3) is 43.2. The monoisotopic (exact) mass is 719 g/mol. The molecule has 1 atom stereocenters. The van der Waals surface area contributed by atoms with Crippen LogP contribution in [-0.4, -0.2) is 37.0 Å². The minimum absolute atomic E-state index is 0.169. The lowest BCUT2D eigenvalue weighted by molar-refractivity contribution is -0.154. The van der Waals surface area contributed by atoms with Gasteiger partial charge in [0.05, 0.1) is 13.2 Å². The van der Waals surface area contributed by atoms with Crippen molar-refractivity contribution in [3.8, 4) is 0 Å². The fraction of sp³-hybridized carbons (Fsp3) is 0.894. The van der Waals surface area contributed by atoms with Crippen LogP contribution in [0.2, 0.25) is 0 Å². The Balaban J connectivity index is 3.38. The lowest BCUT2D eigenvalue weighted by Crippen LogP contribution is -2.27. The lowest BCUT2D eigenvalue weighted by Gasteiger charge is -2.16. The molecule has 0 bridgehead atoms. The van der Waals surface area contributed by atoms with Gasteiger partial charge in [-0.3, -0.25) is 4.79 Å². The normalized spacial score (nSPS) is 12.5. The van der Waals surface area contributed by atoms with Gasteiger partial charge < -0.3 is 14.6 Å². The van der Waals surface area contributed by atoms with E-state index in [9.17, 15) is 9.90 Å². The van der Waals surface area contributed by atoms with E-state index in [4.69, 9.17) is 9.47 Å². The molecule has 0 amide bonds. The molecule has 0 rings (SSSR count). The molecule has 0 spiro atoms. The number of ether oxygens (including phenoxy) is 2. The molecule has 4 heteroatoms. The zero-order valence-electron chi connectivity index (χ0n) is 34.6. The third-order valence-electron chi connectivity index (χ3n) is 10.3. The minimum Gasteiger partial charge on any atom is -0.457 e. The first kappa shape index (κ1) is 49.9. The number of aliphatic hydroxyl groups excluding tert-OH is 1. The molecule has 302 valence electrons. The number of unbranched alkanes of at least 4 members (excludes halogenated alkanes) is 31. The summed E-state index contributed by atoms with van der Waals surface area (Å²) in [4.78, 5) is 12.2. The van der Waals surface area contributed by atoms with Crippen LogP contribution in [-0.2, 0) is 14.3 Å². The van der Waals surface area contributed by atoms with Crippen LogP contribution in [0.25, 0.3) is 0 Å². The Morgan fingerprint density at radius 3 is 1.25 bits per heavy atom. The summed E-state index contributed by atoms with van der Waals surface area (Å²) in [7, 11) is 0. The van der Waals surface area contributed by atoms with E-state index in [-0.39, 0.29) is 12.6 Å². The van der Waals surface area contributed by atoms with Gasteiger partial charge >= 0.3 is 5.97 Å². The topological polar surface area (TPSA) is 55.8 Å². The molecule has 1 unspecified atom stereocenters. The van der Waals surface area contributed by atoms with Crippen molar-refractivity contribution in [3.63, 3.8) is 0 Å². The molecule has 0 aromatic rings. The molecular formula is C47H90O4. The van der Waals surface area contributed by atoms with Crippen LogP contribution in [0.4, 0.5) is 0 Å². The van der Waals surface area contributed by atoms with E-state index >= 15 is 0 Å². The Kier molecular flexibility index (Phi) is 44.0. The predicted molar refractivity (Wildman–Crippen MR) is 224 cm³/mol. The Morgan fingerprint density at radius 2 is 0.824 bits per heavy atom. The van der Waals surface area contributed by atoms with E-state index in [2.05, 4.69) is 38.2 Å². The molecule has 0 aliphatic carbocycles. The number of carbonyl (C=O) groups is 1. The number of esters is 1. The molecule has 0 heterocycles. The second-order valence-corrected chi connectivity index (χ2v) is 15.5. The maximum Gasteiger partial charge on any atom is 0.306 e. The van der Waals surface area contributed by atoms with E-state index in [1.807, 2.05) is 0 Å². The smallest absolute Gasteiger partial charge is 0.306 e. The summed E-state index contributed by atoms with van der Waals surface area (Å²) in [6.45, 7) is 5.36. The van der Waals surface area contributed by atoms with Crippen molar-refractivity contribution in [2.24, 2.45) is 0 Å². The number of aliphatic hydroxyl groups is 1. The molecule has 0 aliphatic rings. The first-order chi connectivity index (χ1) is 25.2. The molecule has 0 aromatic carbocycles. The molecule has 0 aromatic heterocycles. The van der Waals surface area contributed by atoms with Crippen LogP contribution in [0.3, 0.4) is 0 Å². The van der Waals surface area contributed by atoms with Gasteiger partial charge in [-0.25, -0.2) is 0 Å². The molecular weight excluding hydrogens is 629 g/mol. The van der Waals surface area contributed by atoms with Crippen molar-refractivity contribution < 1.29 is 19.4 Å². The maximum absolute atomic E-state index is 12.2. The van der Waals surface area contributed by atoms with Gasteiger partial charge in [-0.2, -0.15) is 0 Å². The van der Waals surface area contributed by atoms with Crippen molar-refractivity contribution in [2.75, 3.05) is 19.8 Å². The Labute approximate surface area is 319 Å². The summed E-state index contributed by atoms with van der Waals surface area (Å²) in [6, 6.07) is 0. The largest absolute Gasteiger partial charge is 0.457 e. The number of carbonyl (C=O) groups excluding carboxylic acids is 1. The fourth-order valence-electron chi connectivity index (χ4n) is 6.83. The second kappa shape index (κ2) is 45.0. The van der Waals surface area contributed by atoms with Gasteiger partial charge in [0.25, 0.3) is 0 Å². The van der Waals surface area contributed by atoms with Gasteiger partial charge in [-0.05, 0) is 44.9 Å². The average molecular weight is 719 g/mol. The van der Waals surface area contributed by atoms with Crippen LogP contribution in [0.5, 0.6) is 0 Å². The summed E-state index contributed by atoms with van der Waals surface area (Å²) in [5.41, 5.74) is 0. The number of allylic oxidation sites excluding steroid dienone is 4. The van der Waals surface area contributed by atoms with Gasteiger partial charge in [0.2, 0.25) is 0 Å². The maximum atomic E-state index is 12.2. The van der Waals surface area contributed by atoms with Crippen molar-refractivity contribution in [3.05, 3.63) is 24.3 Å². The fourth-order valence-corrected chi connectivity index (χ4v) is 6.83. The van der Waals surface area contributed by atoms with Crippen molar-refractivity contribution in [1.29, 1.82) is 0 Å². The van der Waals surface area contributed by atoms with Crippen molar-refractivity contribution in [1.82, 2.24) is 0 Å². The van der Waals surface area contributed by atoms with Crippen LogP contribution in [0.1, 0.15) is 245 Å². The van der Waals surface area contributed by atoms with Crippen LogP contribution >= 0.6 is 0 Å². The highest BCUT2D eigenvalue weighted by molar-refractivity contribution is 5.69. The molecule has 0 saturated heterocycles.